The van der Waals surface area contributed by atoms with Gasteiger partial charge in [0.1, 0.15) is 24.0 Å². The smallest absolute Gasteiger partial charge is 0.317 e. The summed E-state index contributed by atoms with van der Waals surface area (Å²) in [7, 11) is 0. The van der Waals surface area contributed by atoms with Crippen LogP contribution in [0.2, 0.25) is 0 Å². The molecule has 2 saturated heterocycles. The number of alkyl halides is 1. The highest BCUT2D eigenvalue weighted by atomic mass is 35.5. The van der Waals surface area contributed by atoms with Gasteiger partial charge in [0.05, 0.1) is 5.54 Å². The van der Waals surface area contributed by atoms with Crippen molar-refractivity contribution in [3.8, 4) is 17.3 Å². The Morgan fingerprint density at radius 3 is 2.68 bits per heavy atom. The van der Waals surface area contributed by atoms with E-state index < -0.39 is 12.0 Å². The first-order valence-electron chi connectivity index (χ1n) is 11.6. The molecule has 34 heavy (non-hydrogen) atoms. The Hall–Kier alpha value is -2.09. The van der Waals surface area contributed by atoms with Gasteiger partial charge < -0.3 is 4.74 Å². The van der Waals surface area contributed by atoms with E-state index in [2.05, 4.69) is 25.9 Å². The second-order valence-corrected chi connectivity index (χ2v) is 9.46. The molecule has 9 heteroatoms. The minimum absolute atomic E-state index is 0. The Morgan fingerprint density at radius 2 is 1.88 bits per heavy atom. The van der Waals surface area contributed by atoms with Gasteiger partial charge in [-0.1, -0.05) is 30.7 Å². The van der Waals surface area contributed by atoms with Crippen LogP contribution in [0.1, 0.15) is 50.0 Å². The van der Waals surface area contributed by atoms with Crippen LogP contribution >= 0.6 is 24.8 Å². The molecule has 1 saturated carbocycles. The monoisotopic (exact) mass is 508 g/mol. The maximum atomic E-state index is 15.6. The fraction of sp³-hybridized carbons (Fsp3) is 0.480. The van der Waals surface area contributed by atoms with Gasteiger partial charge in [0, 0.05) is 36.3 Å². The number of fused-ring (bicyclic) bond motifs is 2. The lowest BCUT2D eigenvalue weighted by Gasteiger charge is -2.30. The quantitative estimate of drug-likeness (QED) is 0.429. The molecule has 4 heterocycles. The van der Waals surface area contributed by atoms with Gasteiger partial charge in [-0.25, -0.2) is 13.8 Å². The Bertz CT molecular complexity index is 1180. The van der Waals surface area contributed by atoms with E-state index in [-0.39, 0.29) is 41.9 Å². The van der Waals surface area contributed by atoms with Gasteiger partial charge in [-0.05, 0) is 43.7 Å². The van der Waals surface area contributed by atoms with Crippen molar-refractivity contribution in [1.29, 1.82) is 0 Å². The van der Waals surface area contributed by atoms with Gasteiger partial charge in [0.15, 0.2) is 5.82 Å². The lowest BCUT2D eigenvalue weighted by molar-refractivity contribution is 0.107. The molecule has 6 rings (SSSR count). The van der Waals surface area contributed by atoms with Crippen LogP contribution in [0.25, 0.3) is 22.2 Å². The molecular weight excluding hydrogens is 481 g/mol. The fourth-order valence-corrected chi connectivity index (χ4v) is 5.64. The molecule has 0 N–H and O–H groups in total. The molecule has 2 aliphatic heterocycles. The van der Waals surface area contributed by atoms with Gasteiger partial charge in [-0.2, -0.15) is 4.98 Å². The molecule has 1 aliphatic carbocycles. The predicted octanol–water partition coefficient (Wildman–Crippen LogP) is 5.90. The first-order valence-corrected chi connectivity index (χ1v) is 11.6. The fourth-order valence-electron chi connectivity index (χ4n) is 5.64. The van der Waals surface area contributed by atoms with Crippen molar-refractivity contribution in [2.75, 3.05) is 19.7 Å². The van der Waals surface area contributed by atoms with E-state index in [1.54, 1.807) is 12.4 Å². The second kappa shape index (κ2) is 9.88. The van der Waals surface area contributed by atoms with Crippen LogP contribution < -0.4 is 4.74 Å². The summed E-state index contributed by atoms with van der Waals surface area (Å²) in [5, 5.41) is 0.532. The summed E-state index contributed by atoms with van der Waals surface area (Å²) >= 11 is 0. The van der Waals surface area contributed by atoms with Crippen LogP contribution in [-0.4, -0.2) is 51.3 Å². The third-order valence-electron chi connectivity index (χ3n) is 7.54. The predicted molar refractivity (Wildman–Crippen MR) is 132 cm³/mol. The summed E-state index contributed by atoms with van der Waals surface area (Å²) < 4.78 is 35.6. The van der Waals surface area contributed by atoms with Crippen LogP contribution in [0.4, 0.5) is 8.78 Å². The van der Waals surface area contributed by atoms with Gasteiger partial charge in [0.2, 0.25) is 0 Å². The standard InChI is InChI=1S/C25H26F2N4O.2ClH/c26-18-11-25(9-4-10-31(25)14-18)15-32-24-29-13-17-12-28-23(21(27)22(17)30-24)20-8-2-1-7-19(20)16-5-3-6-16;;/h1-2,7-8,12-13,16,18H,3-6,9-11,14-15H2;2*1H. The van der Waals surface area contributed by atoms with Crippen molar-refractivity contribution in [3.63, 3.8) is 0 Å². The largest absolute Gasteiger partial charge is 0.461 e. The zero-order valence-corrected chi connectivity index (χ0v) is 20.4. The molecule has 2 unspecified atom stereocenters. The van der Waals surface area contributed by atoms with E-state index in [1.807, 2.05) is 18.2 Å². The minimum Gasteiger partial charge on any atom is -0.461 e. The van der Waals surface area contributed by atoms with Crippen molar-refractivity contribution < 1.29 is 13.5 Å². The Balaban J connectivity index is 0.00000137. The molecule has 0 spiro atoms. The Morgan fingerprint density at radius 1 is 1.09 bits per heavy atom. The molecular formula is C25H28Cl2F2N4O. The van der Waals surface area contributed by atoms with Crippen molar-refractivity contribution in [2.45, 2.75) is 56.2 Å². The molecule has 0 bridgehead atoms. The highest BCUT2D eigenvalue weighted by Gasteiger charge is 2.49. The molecule has 3 fully saturated rings. The first kappa shape index (κ1) is 25.0. The molecule has 1 aromatic carbocycles. The number of rotatable bonds is 5. The summed E-state index contributed by atoms with van der Waals surface area (Å²) in [5.41, 5.74) is 2.22. The van der Waals surface area contributed by atoms with Crippen molar-refractivity contribution >= 4 is 35.7 Å². The van der Waals surface area contributed by atoms with Gasteiger partial charge in [0.25, 0.3) is 0 Å². The number of nitrogens with zero attached hydrogens (tertiary/aromatic N) is 4. The van der Waals surface area contributed by atoms with E-state index in [0.29, 0.717) is 36.6 Å². The van der Waals surface area contributed by atoms with Crippen molar-refractivity contribution in [2.24, 2.45) is 0 Å². The SMILES string of the molecule is Cl.Cl.Fc1c(-c2ccccc2C2CCC2)ncc2cnc(OCC34CCCN3CC(F)C4)nc12. The summed E-state index contributed by atoms with van der Waals surface area (Å²) in [6, 6.07) is 8.06. The number of pyridine rings is 1. The molecule has 0 amide bonds. The maximum Gasteiger partial charge on any atom is 0.317 e. The molecule has 3 aromatic rings. The Kier molecular flexibility index (Phi) is 7.27. The van der Waals surface area contributed by atoms with Crippen LogP contribution in [-0.2, 0) is 0 Å². The van der Waals surface area contributed by atoms with E-state index in [9.17, 15) is 4.39 Å². The first-order chi connectivity index (χ1) is 15.6. The number of hydrogen-bond donors (Lipinski definition) is 0. The molecule has 3 aliphatic rings. The third-order valence-corrected chi connectivity index (χ3v) is 7.54. The van der Waals surface area contributed by atoms with E-state index in [4.69, 9.17) is 4.74 Å². The highest BCUT2D eigenvalue weighted by Crippen LogP contribution is 2.42. The number of benzene rings is 1. The van der Waals surface area contributed by atoms with E-state index in [1.165, 1.54) is 6.42 Å². The number of ether oxygens (including phenoxy) is 1. The van der Waals surface area contributed by atoms with Crippen LogP contribution in [0.5, 0.6) is 6.01 Å². The van der Waals surface area contributed by atoms with E-state index >= 15 is 4.39 Å². The lowest BCUT2D eigenvalue weighted by atomic mass is 9.77. The summed E-state index contributed by atoms with van der Waals surface area (Å²) in [5.74, 6) is 0.0126. The van der Waals surface area contributed by atoms with Crippen LogP contribution in [0.15, 0.2) is 36.7 Å². The number of halogens is 4. The average molecular weight is 509 g/mol. The topological polar surface area (TPSA) is 51.1 Å². The van der Waals surface area contributed by atoms with E-state index in [0.717, 1.165) is 43.4 Å². The van der Waals surface area contributed by atoms with Crippen molar-refractivity contribution in [3.05, 3.63) is 48.0 Å². The van der Waals surface area contributed by atoms with Crippen molar-refractivity contribution in [1.82, 2.24) is 19.9 Å². The summed E-state index contributed by atoms with van der Waals surface area (Å²) in [6.45, 7) is 1.68. The van der Waals surface area contributed by atoms with Gasteiger partial charge >= 0.3 is 6.01 Å². The zero-order chi connectivity index (χ0) is 21.7. The minimum atomic E-state index is -0.821. The van der Waals surface area contributed by atoms with Crippen LogP contribution in [0, 0.1) is 5.82 Å². The lowest BCUT2D eigenvalue weighted by Crippen LogP contribution is -2.43. The molecule has 182 valence electrons. The second-order valence-electron chi connectivity index (χ2n) is 9.46. The highest BCUT2D eigenvalue weighted by molar-refractivity contribution is 5.85. The number of hydrogen-bond acceptors (Lipinski definition) is 5. The molecule has 5 nitrogen and oxygen atoms in total. The van der Waals surface area contributed by atoms with Gasteiger partial charge in [-0.15, -0.1) is 24.8 Å². The molecule has 2 aromatic heterocycles. The Labute approximate surface area is 210 Å². The van der Waals surface area contributed by atoms with Gasteiger partial charge in [-0.3, -0.25) is 9.88 Å². The third kappa shape index (κ3) is 4.23. The molecule has 2 atom stereocenters. The summed E-state index contributed by atoms with van der Waals surface area (Å²) in [4.78, 5) is 15.3. The average Bonchev–Trinajstić information content (AvgIpc) is 3.28. The maximum absolute atomic E-state index is 15.6. The number of aromatic nitrogens is 3. The normalized spacial score (nSPS) is 24.2. The summed E-state index contributed by atoms with van der Waals surface area (Å²) in [6.07, 6.45) is 8.24. The zero-order valence-electron chi connectivity index (χ0n) is 18.8. The van der Waals surface area contributed by atoms with Crippen LogP contribution in [0.3, 0.4) is 0 Å². The molecule has 0 radical (unpaired) electrons.